The quantitative estimate of drug-likeness (QED) is 0.745. The first-order valence-corrected chi connectivity index (χ1v) is 8.22. The third kappa shape index (κ3) is 4.60. The van der Waals surface area contributed by atoms with Gasteiger partial charge in [0.25, 0.3) is 0 Å². The van der Waals surface area contributed by atoms with Gasteiger partial charge in [0, 0.05) is 18.0 Å². The van der Waals surface area contributed by atoms with Crippen LogP contribution in [0.5, 0.6) is 0 Å². The molecule has 2 rings (SSSR count). The summed E-state index contributed by atoms with van der Waals surface area (Å²) in [5, 5.41) is 6.29. The average Bonchev–Trinajstić information content (AvgIpc) is 2.92. The van der Waals surface area contributed by atoms with E-state index in [-0.39, 0.29) is 12.4 Å². The van der Waals surface area contributed by atoms with Crippen LogP contribution in [-0.2, 0) is 21.4 Å². The van der Waals surface area contributed by atoms with Crippen molar-refractivity contribution in [1.82, 2.24) is 25.2 Å². The van der Waals surface area contributed by atoms with E-state index in [2.05, 4.69) is 25.2 Å². The molecule has 2 N–H and O–H groups in total. The molecule has 0 aliphatic heterocycles. The summed E-state index contributed by atoms with van der Waals surface area (Å²) in [4.78, 5) is 19.8. The number of aromatic nitrogens is 3. The van der Waals surface area contributed by atoms with Gasteiger partial charge in [0.1, 0.15) is 0 Å². The van der Waals surface area contributed by atoms with E-state index in [9.17, 15) is 13.2 Å². The average molecular weight is 325 g/mol. The maximum Gasteiger partial charge on any atom is 0.246 e. The predicted molar refractivity (Wildman–Crippen MR) is 76.8 cm³/mol. The summed E-state index contributed by atoms with van der Waals surface area (Å²) in [5.74, 6) is 0.0740. The molecule has 1 atom stereocenters. The Morgan fingerprint density at radius 1 is 1.45 bits per heavy atom. The number of carbonyl (C=O) groups is 1. The van der Waals surface area contributed by atoms with Crippen molar-refractivity contribution in [2.24, 2.45) is 0 Å². The van der Waals surface area contributed by atoms with Crippen molar-refractivity contribution in [3.63, 3.8) is 0 Å². The van der Waals surface area contributed by atoms with Crippen LogP contribution in [-0.4, -0.2) is 41.7 Å². The van der Waals surface area contributed by atoms with Crippen LogP contribution in [0, 0.1) is 0 Å². The van der Waals surface area contributed by atoms with Gasteiger partial charge in [-0.3, -0.25) is 9.78 Å². The topological polar surface area (TPSA) is 127 Å². The van der Waals surface area contributed by atoms with E-state index in [0.29, 0.717) is 11.4 Å². The minimum Gasteiger partial charge on any atom is -0.346 e. The molecule has 10 heteroatoms. The lowest BCUT2D eigenvalue weighted by Crippen LogP contribution is -2.44. The molecule has 0 saturated heterocycles. The van der Waals surface area contributed by atoms with Crippen LogP contribution >= 0.6 is 0 Å². The Labute approximate surface area is 127 Å². The summed E-state index contributed by atoms with van der Waals surface area (Å²) in [6.07, 6.45) is 4.20. The zero-order valence-electron chi connectivity index (χ0n) is 12.0. The lowest BCUT2D eigenvalue weighted by molar-refractivity contribution is -0.122. The molecule has 118 valence electrons. The van der Waals surface area contributed by atoms with Gasteiger partial charge in [-0.2, -0.15) is 4.98 Å². The molecular weight excluding hydrogens is 310 g/mol. The van der Waals surface area contributed by atoms with Crippen molar-refractivity contribution in [1.29, 1.82) is 0 Å². The van der Waals surface area contributed by atoms with Gasteiger partial charge in [0.2, 0.25) is 27.6 Å². The maximum atomic E-state index is 11.7. The van der Waals surface area contributed by atoms with E-state index < -0.39 is 22.0 Å². The molecule has 1 amide bonds. The standard InChI is InChI=1S/C12H15N5O4S/c1-8(17-22(2,19)20)12(18)14-7-10-15-11(16-21-10)9-4-3-5-13-6-9/h3-6,8,17H,7H2,1-2H3,(H,14,18)/t8-/m0/s1. The second-order valence-corrected chi connectivity index (χ2v) is 6.36. The van der Waals surface area contributed by atoms with Gasteiger partial charge in [0.15, 0.2) is 0 Å². The maximum absolute atomic E-state index is 11.7. The van der Waals surface area contributed by atoms with Crippen LogP contribution in [0.3, 0.4) is 0 Å². The van der Waals surface area contributed by atoms with Crippen LogP contribution in [0.4, 0.5) is 0 Å². The Kier molecular flexibility index (Phi) is 4.83. The Balaban J connectivity index is 1.93. The van der Waals surface area contributed by atoms with Crippen molar-refractivity contribution in [3.8, 4) is 11.4 Å². The zero-order chi connectivity index (χ0) is 16.2. The Morgan fingerprint density at radius 2 is 2.23 bits per heavy atom. The van der Waals surface area contributed by atoms with Crippen molar-refractivity contribution in [3.05, 3.63) is 30.4 Å². The molecule has 2 heterocycles. The van der Waals surface area contributed by atoms with Crippen molar-refractivity contribution < 1.29 is 17.7 Å². The second-order valence-electron chi connectivity index (χ2n) is 4.58. The van der Waals surface area contributed by atoms with E-state index in [1.807, 2.05) is 0 Å². The van der Waals surface area contributed by atoms with E-state index in [4.69, 9.17) is 4.52 Å². The highest BCUT2D eigenvalue weighted by Gasteiger charge is 2.17. The summed E-state index contributed by atoms with van der Waals surface area (Å²) >= 11 is 0. The molecule has 22 heavy (non-hydrogen) atoms. The Morgan fingerprint density at radius 3 is 2.86 bits per heavy atom. The number of rotatable bonds is 6. The lowest BCUT2D eigenvalue weighted by Gasteiger charge is -2.11. The molecule has 2 aromatic heterocycles. The fourth-order valence-electron chi connectivity index (χ4n) is 1.63. The molecule has 2 aromatic rings. The molecule has 0 spiro atoms. The van der Waals surface area contributed by atoms with Crippen LogP contribution < -0.4 is 10.0 Å². The summed E-state index contributed by atoms with van der Waals surface area (Å²) in [6.45, 7) is 1.44. The summed E-state index contributed by atoms with van der Waals surface area (Å²) in [6, 6.07) is 2.62. The van der Waals surface area contributed by atoms with Gasteiger partial charge in [-0.15, -0.1) is 0 Å². The Bertz CT molecular complexity index is 744. The van der Waals surface area contributed by atoms with Crippen molar-refractivity contribution in [2.45, 2.75) is 19.5 Å². The number of sulfonamides is 1. The fourth-order valence-corrected chi connectivity index (χ4v) is 2.38. The first kappa shape index (κ1) is 16.0. The molecule has 0 bridgehead atoms. The number of amides is 1. The predicted octanol–water partition coefficient (Wildman–Crippen LogP) is -0.314. The molecule has 0 saturated carbocycles. The van der Waals surface area contributed by atoms with Crippen LogP contribution in [0.15, 0.2) is 29.0 Å². The summed E-state index contributed by atoms with van der Waals surface area (Å²) in [7, 11) is -3.45. The Hall–Kier alpha value is -2.33. The zero-order valence-corrected chi connectivity index (χ0v) is 12.8. The van der Waals surface area contributed by atoms with Gasteiger partial charge in [0.05, 0.1) is 18.8 Å². The van der Waals surface area contributed by atoms with Crippen molar-refractivity contribution >= 4 is 15.9 Å². The summed E-state index contributed by atoms with van der Waals surface area (Å²) in [5.41, 5.74) is 0.691. The highest BCUT2D eigenvalue weighted by Crippen LogP contribution is 2.13. The molecule has 0 fully saturated rings. The molecule has 0 aromatic carbocycles. The first-order chi connectivity index (χ1) is 10.3. The van der Waals surface area contributed by atoms with Crippen molar-refractivity contribution in [2.75, 3.05) is 6.26 Å². The third-order valence-electron chi connectivity index (χ3n) is 2.59. The highest BCUT2D eigenvalue weighted by molar-refractivity contribution is 7.88. The van der Waals surface area contributed by atoms with Gasteiger partial charge in [-0.05, 0) is 19.1 Å². The molecule has 9 nitrogen and oxygen atoms in total. The SMILES string of the molecule is C[C@H](NS(C)(=O)=O)C(=O)NCc1nc(-c2cccnc2)no1. The smallest absolute Gasteiger partial charge is 0.246 e. The van der Waals surface area contributed by atoms with Crippen LogP contribution in [0.1, 0.15) is 12.8 Å². The molecule has 0 unspecified atom stereocenters. The van der Waals surface area contributed by atoms with Gasteiger partial charge >= 0.3 is 0 Å². The second kappa shape index (κ2) is 6.62. The van der Waals surface area contributed by atoms with Crippen LogP contribution in [0.2, 0.25) is 0 Å². The van der Waals surface area contributed by atoms with Gasteiger partial charge < -0.3 is 9.84 Å². The van der Waals surface area contributed by atoms with E-state index >= 15 is 0 Å². The van der Waals surface area contributed by atoms with Crippen LogP contribution in [0.25, 0.3) is 11.4 Å². The number of pyridine rings is 1. The summed E-state index contributed by atoms with van der Waals surface area (Å²) < 4.78 is 29.3. The fraction of sp³-hybridized carbons (Fsp3) is 0.333. The number of hydrogen-bond acceptors (Lipinski definition) is 7. The minimum absolute atomic E-state index is 0.00186. The monoisotopic (exact) mass is 325 g/mol. The van der Waals surface area contributed by atoms with Gasteiger partial charge in [-0.25, -0.2) is 13.1 Å². The molecule has 0 aliphatic rings. The number of carbonyl (C=O) groups excluding carboxylic acids is 1. The van der Waals surface area contributed by atoms with E-state index in [0.717, 1.165) is 6.26 Å². The minimum atomic E-state index is -3.45. The normalized spacial score (nSPS) is 12.8. The third-order valence-corrected chi connectivity index (χ3v) is 3.37. The van der Waals surface area contributed by atoms with E-state index in [1.54, 1.807) is 24.5 Å². The molecule has 0 radical (unpaired) electrons. The number of hydrogen-bond donors (Lipinski definition) is 2. The lowest BCUT2D eigenvalue weighted by atomic mass is 10.3. The molecule has 0 aliphatic carbocycles. The largest absolute Gasteiger partial charge is 0.346 e. The number of nitrogens with one attached hydrogen (secondary N) is 2. The first-order valence-electron chi connectivity index (χ1n) is 6.33. The molecular formula is C12H15N5O4S. The van der Waals surface area contributed by atoms with Gasteiger partial charge in [-0.1, -0.05) is 5.16 Å². The number of nitrogens with zero attached hydrogens (tertiary/aromatic N) is 3. The highest BCUT2D eigenvalue weighted by atomic mass is 32.2. The van der Waals surface area contributed by atoms with E-state index in [1.165, 1.54) is 6.92 Å².